The van der Waals surface area contributed by atoms with E-state index in [-0.39, 0.29) is 24.4 Å². The number of aromatic nitrogens is 1. The summed E-state index contributed by atoms with van der Waals surface area (Å²) in [6, 6.07) is 12.3. The molecule has 0 amide bonds. The number of nitrogens with zero attached hydrogens (tertiary/aromatic N) is 3. The Morgan fingerprint density at radius 1 is 1.05 bits per heavy atom. The van der Waals surface area contributed by atoms with Crippen LogP contribution in [0, 0.1) is 6.92 Å². The topological polar surface area (TPSA) is 64.0 Å². The number of fused-ring (bicyclic) bond motifs is 1. The minimum Gasteiger partial charge on any atom is -0.497 e. The van der Waals surface area contributed by atoms with Crippen LogP contribution in [0.1, 0.15) is 35.5 Å². The maximum Gasteiger partial charge on any atom is 0.310 e. The summed E-state index contributed by atoms with van der Waals surface area (Å²) in [6.45, 7) is 11.4. The Morgan fingerprint density at radius 3 is 2.39 bits per heavy atom. The fourth-order valence-corrected chi connectivity index (χ4v) is 5.14. The third-order valence-corrected chi connectivity index (χ3v) is 7.32. The van der Waals surface area contributed by atoms with Gasteiger partial charge in [0.1, 0.15) is 11.9 Å². The molecule has 1 atom stereocenters. The molecule has 1 fully saturated rings. The average Bonchev–Trinajstić information content (AvgIpc) is 3.18. The molecule has 38 heavy (non-hydrogen) atoms. The molecule has 0 N–H and O–H groups in total. The molecule has 2 aromatic carbocycles. The van der Waals surface area contributed by atoms with E-state index in [4.69, 9.17) is 21.1 Å². The Bertz CT molecular complexity index is 1310. The van der Waals surface area contributed by atoms with Gasteiger partial charge in [-0.3, -0.25) is 24.0 Å². The van der Waals surface area contributed by atoms with Crippen LogP contribution < -0.4 is 4.74 Å². The second-order valence-electron chi connectivity index (χ2n) is 9.74. The highest BCUT2D eigenvalue weighted by molar-refractivity contribution is 6.30. The van der Waals surface area contributed by atoms with Gasteiger partial charge in [-0.05, 0) is 68.8 Å². The maximum absolute atomic E-state index is 13.5. The number of hydrogen-bond acceptors (Lipinski definition) is 6. The second kappa shape index (κ2) is 12.6. The van der Waals surface area contributed by atoms with Gasteiger partial charge in [0.15, 0.2) is 0 Å². The predicted octanol–water partition coefficient (Wildman–Crippen LogP) is 4.97. The molecule has 4 rings (SSSR count). The number of methoxy groups -OCH3 is 1. The van der Waals surface area contributed by atoms with Crippen LogP contribution in [0.2, 0.25) is 5.02 Å². The van der Waals surface area contributed by atoms with Gasteiger partial charge in [-0.15, -0.1) is 0 Å². The molecule has 0 aliphatic carbocycles. The molecule has 0 radical (unpaired) electrons. The lowest BCUT2D eigenvalue weighted by Crippen LogP contribution is -2.48. The quantitative estimate of drug-likeness (QED) is 0.284. The molecule has 0 bridgehead atoms. The van der Waals surface area contributed by atoms with Crippen LogP contribution in [0.3, 0.4) is 0 Å². The molecule has 1 aliphatic rings. The summed E-state index contributed by atoms with van der Waals surface area (Å²) < 4.78 is 12.9. The molecule has 2 heterocycles. The standard InChI is InChI=1S/C30H36ClN3O4/c1-5-6-13-32-14-16-33(17-15-32)20-21(2)38-29(35)19-26-22(3)34(28-12-11-25(37-4)18-27(26)28)30(36)23-7-9-24(31)10-8-23/h5-12,18,21H,13-17,19-20H2,1-4H3/b6-5+. The first-order chi connectivity index (χ1) is 18.3. The van der Waals surface area contributed by atoms with Gasteiger partial charge < -0.3 is 9.47 Å². The minimum absolute atomic E-state index is 0.0673. The molecule has 1 aromatic heterocycles. The van der Waals surface area contributed by atoms with Gasteiger partial charge in [-0.2, -0.15) is 0 Å². The summed E-state index contributed by atoms with van der Waals surface area (Å²) in [4.78, 5) is 31.3. The largest absolute Gasteiger partial charge is 0.497 e. The summed E-state index contributed by atoms with van der Waals surface area (Å²) >= 11 is 6.02. The smallest absolute Gasteiger partial charge is 0.310 e. The molecule has 7 nitrogen and oxygen atoms in total. The molecular formula is C30H36ClN3O4. The van der Waals surface area contributed by atoms with E-state index in [2.05, 4.69) is 22.0 Å². The molecule has 1 saturated heterocycles. The summed E-state index contributed by atoms with van der Waals surface area (Å²) in [6.07, 6.45) is 4.09. The van der Waals surface area contributed by atoms with E-state index in [1.54, 1.807) is 35.9 Å². The minimum atomic E-state index is -0.312. The first-order valence-electron chi connectivity index (χ1n) is 13.0. The molecule has 202 valence electrons. The van der Waals surface area contributed by atoms with Gasteiger partial charge >= 0.3 is 5.97 Å². The number of rotatable bonds is 9. The van der Waals surface area contributed by atoms with Crippen LogP contribution in [0.4, 0.5) is 0 Å². The van der Waals surface area contributed by atoms with Crippen molar-refractivity contribution in [2.75, 3.05) is 46.4 Å². The van der Waals surface area contributed by atoms with Gasteiger partial charge in [0.05, 0.1) is 19.0 Å². The zero-order valence-corrected chi connectivity index (χ0v) is 23.3. The first kappa shape index (κ1) is 27.9. The van der Waals surface area contributed by atoms with Crippen molar-refractivity contribution in [2.45, 2.75) is 33.3 Å². The summed E-state index contributed by atoms with van der Waals surface area (Å²) in [5.41, 5.74) is 2.69. The number of ether oxygens (including phenoxy) is 2. The zero-order chi connectivity index (χ0) is 27.2. The van der Waals surface area contributed by atoms with Crippen molar-refractivity contribution in [1.29, 1.82) is 0 Å². The van der Waals surface area contributed by atoms with Crippen LogP contribution in [-0.2, 0) is 16.0 Å². The first-order valence-corrected chi connectivity index (χ1v) is 13.4. The van der Waals surface area contributed by atoms with E-state index < -0.39 is 0 Å². The van der Waals surface area contributed by atoms with Crippen molar-refractivity contribution in [1.82, 2.24) is 14.4 Å². The van der Waals surface area contributed by atoms with Crippen molar-refractivity contribution in [3.63, 3.8) is 0 Å². The number of hydrogen-bond donors (Lipinski definition) is 0. The monoisotopic (exact) mass is 537 g/mol. The number of esters is 1. The average molecular weight is 538 g/mol. The number of benzene rings is 2. The number of piperazine rings is 1. The molecule has 8 heteroatoms. The fourth-order valence-electron chi connectivity index (χ4n) is 5.02. The zero-order valence-electron chi connectivity index (χ0n) is 22.6. The number of carbonyl (C=O) groups is 2. The van der Waals surface area contributed by atoms with E-state index in [1.807, 2.05) is 39.0 Å². The predicted molar refractivity (Wildman–Crippen MR) is 151 cm³/mol. The van der Waals surface area contributed by atoms with Crippen molar-refractivity contribution >= 4 is 34.4 Å². The Hall–Kier alpha value is -3.13. The molecule has 0 spiro atoms. The van der Waals surface area contributed by atoms with Gasteiger partial charge in [-0.25, -0.2) is 0 Å². The summed E-state index contributed by atoms with van der Waals surface area (Å²) in [7, 11) is 1.60. The van der Waals surface area contributed by atoms with E-state index in [0.29, 0.717) is 28.6 Å². The van der Waals surface area contributed by atoms with Crippen LogP contribution in [0.5, 0.6) is 5.75 Å². The van der Waals surface area contributed by atoms with Gasteiger partial charge in [-0.1, -0.05) is 23.8 Å². The summed E-state index contributed by atoms with van der Waals surface area (Å²) in [5.74, 6) is 0.161. The van der Waals surface area contributed by atoms with Gasteiger partial charge in [0, 0.05) is 60.9 Å². The van der Waals surface area contributed by atoms with E-state index in [0.717, 1.165) is 49.2 Å². The number of carbonyl (C=O) groups excluding carboxylic acids is 2. The third-order valence-electron chi connectivity index (χ3n) is 7.07. The fraction of sp³-hybridized carbons (Fsp3) is 0.400. The SMILES string of the molecule is C/C=C/CN1CCN(CC(C)OC(=O)Cc2c(C)n(C(=O)c3ccc(Cl)cc3)c3ccc(OC)cc23)CC1. The Balaban J connectivity index is 1.48. The van der Waals surface area contributed by atoms with Crippen molar-refractivity contribution in [3.05, 3.63) is 76.5 Å². The molecule has 1 aliphatic heterocycles. The molecule has 1 unspecified atom stereocenters. The molecule has 3 aromatic rings. The van der Waals surface area contributed by atoms with E-state index in [1.165, 1.54) is 0 Å². The Kier molecular flexibility index (Phi) is 9.26. The van der Waals surface area contributed by atoms with E-state index >= 15 is 0 Å². The van der Waals surface area contributed by atoms with Crippen molar-refractivity contribution < 1.29 is 19.1 Å². The van der Waals surface area contributed by atoms with Crippen LogP contribution in [-0.4, -0.2) is 78.7 Å². The van der Waals surface area contributed by atoms with Crippen LogP contribution >= 0.6 is 11.6 Å². The number of halogens is 1. The highest BCUT2D eigenvalue weighted by atomic mass is 35.5. The number of allylic oxidation sites excluding steroid dienone is 1. The molecular weight excluding hydrogens is 502 g/mol. The van der Waals surface area contributed by atoms with Gasteiger partial charge in [0.2, 0.25) is 0 Å². The lowest BCUT2D eigenvalue weighted by Gasteiger charge is -2.35. The lowest BCUT2D eigenvalue weighted by atomic mass is 10.1. The van der Waals surface area contributed by atoms with Crippen molar-refractivity contribution in [2.24, 2.45) is 0 Å². The van der Waals surface area contributed by atoms with E-state index in [9.17, 15) is 9.59 Å². The molecule has 0 saturated carbocycles. The summed E-state index contributed by atoms with van der Waals surface area (Å²) in [5, 5.41) is 1.36. The van der Waals surface area contributed by atoms with Crippen LogP contribution in [0.25, 0.3) is 10.9 Å². The van der Waals surface area contributed by atoms with Crippen LogP contribution in [0.15, 0.2) is 54.6 Å². The lowest BCUT2D eigenvalue weighted by molar-refractivity contribution is -0.148. The Labute approximate surface area is 229 Å². The van der Waals surface area contributed by atoms with Crippen molar-refractivity contribution in [3.8, 4) is 5.75 Å². The second-order valence-corrected chi connectivity index (χ2v) is 10.2. The normalized spacial score (nSPS) is 15.7. The third kappa shape index (κ3) is 6.46. The van der Waals surface area contributed by atoms with Gasteiger partial charge in [0.25, 0.3) is 5.91 Å². The highest BCUT2D eigenvalue weighted by Gasteiger charge is 2.24. The maximum atomic E-state index is 13.5. The Morgan fingerprint density at radius 2 is 1.74 bits per heavy atom. The highest BCUT2D eigenvalue weighted by Crippen LogP contribution is 2.31.